The smallest absolute Gasteiger partial charge is 0.343 e. The summed E-state index contributed by atoms with van der Waals surface area (Å²) in [6, 6.07) is 3.09. The number of nitrogens with one attached hydrogen (secondary N) is 2. The van der Waals surface area contributed by atoms with Crippen molar-refractivity contribution in [2.75, 3.05) is 11.3 Å². The van der Waals surface area contributed by atoms with Crippen LogP contribution in [0.5, 0.6) is 0 Å². The van der Waals surface area contributed by atoms with Crippen LogP contribution in [0.2, 0.25) is 0 Å². The van der Waals surface area contributed by atoms with Gasteiger partial charge >= 0.3 is 5.97 Å². The number of ether oxygens (including phenoxy) is 1. The number of H-pyrrole nitrogens is 1. The van der Waals surface area contributed by atoms with Crippen LogP contribution in [0.1, 0.15) is 17.3 Å². The molecule has 0 aliphatic heterocycles. The number of carbonyl (C=O) groups excluding carboxylic acids is 1. The van der Waals surface area contributed by atoms with Crippen LogP contribution in [-0.4, -0.2) is 31.2 Å². The number of aromatic nitrogens is 2. The van der Waals surface area contributed by atoms with Gasteiger partial charge in [0.25, 0.3) is 10.0 Å². The maximum atomic E-state index is 12.0. The van der Waals surface area contributed by atoms with Crippen LogP contribution in [0, 0.1) is 0 Å². The molecule has 2 rings (SSSR count). The zero-order chi connectivity index (χ0) is 13.9. The van der Waals surface area contributed by atoms with Gasteiger partial charge < -0.3 is 4.74 Å². The molecule has 102 valence electrons. The molecule has 9 heteroatoms. The van der Waals surface area contributed by atoms with Crippen molar-refractivity contribution < 1.29 is 17.9 Å². The molecule has 0 radical (unpaired) electrons. The second-order valence-corrected chi connectivity index (χ2v) is 6.27. The van der Waals surface area contributed by atoms with Crippen LogP contribution >= 0.6 is 11.3 Å². The van der Waals surface area contributed by atoms with Gasteiger partial charge in [-0.05, 0) is 18.4 Å². The molecule has 2 aromatic rings. The molecule has 0 unspecified atom stereocenters. The summed E-state index contributed by atoms with van der Waals surface area (Å²) >= 11 is 1.08. The minimum Gasteiger partial charge on any atom is -0.462 e. The zero-order valence-electron chi connectivity index (χ0n) is 9.91. The summed E-state index contributed by atoms with van der Waals surface area (Å²) in [6.07, 6.45) is 1.21. The number of rotatable bonds is 5. The molecule has 0 bridgehead atoms. The van der Waals surface area contributed by atoms with Crippen molar-refractivity contribution in [3.05, 3.63) is 29.3 Å². The normalized spacial score (nSPS) is 11.2. The van der Waals surface area contributed by atoms with Gasteiger partial charge in [-0.3, -0.25) is 9.82 Å². The van der Waals surface area contributed by atoms with E-state index in [2.05, 4.69) is 14.9 Å². The first kappa shape index (κ1) is 13.6. The Morgan fingerprint density at radius 3 is 3.00 bits per heavy atom. The minimum absolute atomic E-state index is 0.00755. The molecular weight excluding hydrogens is 290 g/mol. The number of sulfonamides is 1. The number of carbonyl (C=O) groups is 1. The molecule has 0 aliphatic carbocycles. The van der Waals surface area contributed by atoms with Crippen molar-refractivity contribution in [1.29, 1.82) is 0 Å². The Bertz CT molecular complexity index is 661. The highest BCUT2D eigenvalue weighted by Crippen LogP contribution is 2.21. The van der Waals surface area contributed by atoms with Crippen molar-refractivity contribution >= 4 is 33.1 Å². The summed E-state index contributed by atoms with van der Waals surface area (Å²) in [4.78, 5) is 11.6. The third-order valence-corrected chi connectivity index (χ3v) is 4.88. The number of anilines is 1. The van der Waals surface area contributed by atoms with E-state index >= 15 is 0 Å². The van der Waals surface area contributed by atoms with Gasteiger partial charge in [-0.2, -0.15) is 5.10 Å². The third kappa shape index (κ3) is 2.93. The van der Waals surface area contributed by atoms with Gasteiger partial charge in [-0.25, -0.2) is 13.2 Å². The summed E-state index contributed by atoms with van der Waals surface area (Å²) in [6.45, 7) is 1.86. The Hall–Kier alpha value is -1.87. The van der Waals surface area contributed by atoms with E-state index in [0.29, 0.717) is 0 Å². The first-order chi connectivity index (χ1) is 9.04. The van der Waals surface area contributed by atoms with Gasteiger partial charge in [0.15, 0.2) is 0 Å². The van der Waals surface area contributed by atoms with Gasteiger partial charge in [0.05, 0.1) is 12.8 Å². The van der Waals surface area contributed by atoms with E-state index < -0.39 is 16.0 Å². The molecule has 0 aliphatic rings. The van der Waals surface area contributed by atoms with Crippen LogP contribution in [0.25, 0.3) is 0 Å². The van der Waals surface area contributed by atoms with E-state index in [9.17, 15) is 13.2 Å². The van der Waals surface area contributed by atoms with Gasteiger partial charge in [0.2, 0.25) is 0 Å². The standard InChI is InChI=1S/C10H11N3O4S2/c1-2-17-10(14)7-6-11-12-9(7)13-19(15,16)8-4-3-5-18-8/h3-6H,2H2,1H3,(H2,11,12,13). The molecule has 0 spiro atoms. The lowest BCUT2D eigenvalue weighted by molar-refractivity contribution is 0.0527. The molecule has 2 heterocycles. The monoisotopic (exact) mass is 301 g/mol. The third-order valence-electron chi connectivity index (χ3n) is 2.13. The van der Waals surface area contributed by atoms with Crippen LogP contribution in [0.15, 0.2) is 27.9 Å². The first-order valence-electron chi connectivity index (χ1n) is 5.31. The lowest BCUT2D eigenvalue weighted by Gasteiger charge is -2.06. The summed E-state index contributed by atoms with van der Waals surface area (Å²) in [5.74, 6) is -0.646. The first-order valence-corrected chi connectivity index (χ1v) is 7.67. The molecule has 0 saturated carbocycles. The molecule has 0 saturated heterocycles. The highest BCUT2D eigenvalue weighted by atomic mass is 32.2. The zero-order valence-corrected chi connectivity index (χ0v) is 11.5. The molecule has 2 aromatic heterocycles. The van der Waals surface area contributed by atoms with Crippen molar-refractivity contribution in [2.45, 2.75) is 11.1 Å². The number of esters is 1. The highest BCUT2D eigenvalue weighted by Gasteiger charge is 2.21. The average molecular weight is 301 g/mol. The summed E-state index contributed by atoms with van der Waals surface area (Å²) in [7, 11) is -3.72. The lowest BCUT2D eigenvalue weighted by atomic mass is 10.3. The molecule has 19 heavy (non-hydrogen) atoms. The molecule has 0 fully saturated rings. The highest BCUT2D eigenvalue weighted by molar-refractivity contribution is 7.94. The van der Waals surface area contributed by atoms with Crippen LogP contribution in [0.3, 0.4) is 0 Å². The minimum atomic E-state index is -3.72. The molecule has 2 N–H and O–H groups in total. The number of nitrogens with zero attached hydrogens (tertiary/aromatic N) is 1. The van der Waals surface area contributed by atoms with Crippen LogP contribution in [0.4, 0.5) is 5.82 Å². The fourth-order valence-corrected chi connectivity index (χ4v) is 3.36. The van der Waals surface area contributed by atoms with Gasteiger partial charge in [0, 0.05) is 0 Å². The van der Waals surface area contributed by atoms with E-state index in [1.54, 1.807) is 18.4 Å². The number of hydrogen-bond donors (Lipinski definition) is 2. The molecule has 0 atom stereocenters. The quantitative estimate of drug-likeness (QED) is 0.814. The fraction of sp³-hybridized carbons (Fsp3) is 0.200. The van der Waals surface area contributed by atoms with E-state index in [4.69, 9.17) is 4.74 Å². The van der Waals surface area contributed by atoms with Crippen LogP contribution < -0.4 is 4.72 Å². The van der Waals surface area contributed by atoms with Crippen molar-refractivity contribution in [3.8, 4) is 0 Å². The maximum absolute atomic E-state index is 12.0. The van der Waals surface area contributed by atoms with Gasteiger partial charge in [-0.15, -0.1) is 11.3 Å². The maximum Gasteiger partial charge on any atom is 0.343 e. The Balaban J connectivity index is 2.26. The molecule has 0 aromatic carbocycles. The topological polar surface area (TPSA) is 101 Å². The summed E-state index contributed by atoms with van der Waals surface area (Å²) < 4.78 is 31.2. The Morgan fingerprint density at radius 2 is 2.37 bits per heavy atom. The van der Waals surface area contributed by atoms with Crippen molar-refractivity contribution in [2.24, 2.45) is 0 Å². The van der Waals surface area contributed by atoms with Gasteiger partial charge in [0.1, 0.15) is 15.6 Å². The van der Waals surface area contributed by atoms with Gasteiger partial charge in [-0.1, -0.05) is 6.07 Å². The van der Waals surface area contributed by atoms with E-state index in [0.717, 1.165) is 11.3 Å². The van der Waals surface area contributed by atoms with Crippen molar-refractivity contribution in [3.63, 3.8) is 0 Å². The largest absolute Gasteiger partial charge is 0.462 e. The average Bonchev–Trinajstić information content (AvgIpc) is 2.98. The number of hydrogen-bond acceptors (Lipinski definition) is 6. The molecular formula is C10H11N3O4S2. The fourth-order valence-electron chi connectivity index (χ4n) is 1.33. The van der Waals surface area contributed by atoms with Crippen LogP contribution in [-0.2, 0) is 14.8 Å². The second-order valence-electron chi connectivity index (χ2n) is 3.42. The second kappa shape index (κ2) is 5.41. The van der Waals surface area contributed by atoms with E-state index in [1.165, 1.54) is 12.3 Å². The summed E-state index contributed by atoms with van der Waals surface area (Å²) in [5.41, 5.74) is 0.0435. The summed E-state index contributed by atoms with van der Waals surface area (Å²) in [5, 5.41) is 7.71. The lowest BCUT2D eigenvalue weighted by Crippen LogP contribution is -2.15. The van der Waals surface area contributed by atoms with E-state index in [-0.39, 0.29) is 22.2 Å². The Kier molecular flexibility index (Phi) is 3.86. The number of aromatic amines is 1. The Morgan fingerprint density at radius 1 is 1.58 bits per heavy atom. The molecule has 0 amide bonds. The predicted octanol–water partition coefficient (Wildman–Crippen LogP) is 1.45. The van der Waals surface area contributed by atoms with Crippen molar-refractivity contribution in [1.82, 2.24) is 10.2 Å². The SMILES string of the molecule is CCOC(=O)c1cn[nH]c1NS(=O)(=O)c1cccs1. The predicted molar refractivity (Wildman–Crippen MR) is 69.7 cm³/mol. The van der Waals surface area contributed by atoms with E-state index in [1.807, 2.05) is 0 Å². The Labute approximate surface area is 113 Å². The molecule has 7 nitrogen and oxygen atoms in total. The number of thiophene rings is 1.